The third-order valence-electron chi connectivity index (χ3n) is 7.01. The zero-order chi connectivity index (χ0) is 50.4. The van der Waals surface area contributed by atoms with E-state index in [1.54, 1.807) is 26.8 Å². The molecule has 27 heteroatoms. The molecule has 0 atom stereocenters. The van der Waals surface area contributed by atoms with Crippen LogP contribution in [0, 0.1) is 51.8 Å². The van der Waals surface area contributed by atoms with E-state index in [4.69, 9.17) is 75.3 Å². The van der Waals surface area contributed by atoms with Crippen LogP contribution in [-0.2, 0) is 9.53 Å². The van der Waals surface area contributed by atoms with Gasteiger partial charge in [0, 0.05) is 48.5 Å². The minimum absolute atomic E-state index is 0.0251. The summed E-state index contributed by atoms with van der Waals surface area (Å²) in [5, 5.41) is 50.5. The first-order chi connectivity index (χ1) is 30.7. The minimum Gasteiger partial charge on any atom is -0.495 e. The Morgan fingerprint density at radius 2 is 1.09 bits per heavy atom. The van der Waals surface area contributed by atoms with Gasteiger partial charge in [0.2, 0.25) is 5.75 Å². The van der Waals surface area contributed by atoms with Crippen LogP contribution in [0.3, 0.4) is 0 Å². The van der Waals surface area contributed by atoms with Crippen molar-refractivity contribution < 1.29 is 66.1 Å². The summed E-state index contributed by atoms with van der Waals surface area (Å²) in [5.74, 6) is -0.0293. The van der Waals surface area contributed by atoms with Crippen molar-refractivity contribution in [3.05, 3.63) is 127 Å². The third kappa shape index (κ3) is 21.8. The summed E-state index contributed by atoms with van der Waals surface area (Å²) in [4.78, 5) is 51.2. The van der Waals surface area contributed by atoms with Crippen molar-refractivity contribution in [1.29, 1.82) is 5.26 Å². The number of unbranched alkanes of at least 4 members (excludes halogenated alkanes) is 1. The second kappa shape index (κ2) is 27.7. The number of halogens is 7. The van der Waals surface area contributed by atoms with Gasteiger partial charge in [-0.1, -0.05) is 59.7 Å². The van der Waals surface area contributed by atoms with Gasteiger partial charge in [0.05, 0.1) is 53.5 Å². The Hall–Kier alpha value is -6.61. The van der Waals surface area contributed by atoms with E-state index in [0.717, 1.165) is 37.1 Å². The van der Waals surface area contributed by atoms with Gasteiger partial charge in [-0.3, -0.25) is 40.5 Å². The van der Waals surface area contributed by atoms with E-state index in [2.05, 4.69) is 11.7 Å². The average Bonchev–Trinajstić information content (AvgIpc) is 3.22. The fourth-order valence-corrected chi connectivity index (χ4v) is 5.13. The number of carbonyl (C=O) groups excluding carboxylic acids is 1. The molecule has 4 rings (SSSR count). The number of alkyl halides is 3. The number of nitro benzene ring substituents is 4. The van der Waals surface area contributed by atoms with Gasteiger partial charge < -0.3 is 28.4 Å². The molecular formula is C39H38Cl4F3N5O15. The van der Waals surface area contributed by atoms with Crippen LogP contribution in [0.1, 0.15) is 40.5 Å². The maximum atomic E-state index is 11.8. The van der Waals surface area contributed by atoms with Crippen molar-refractivity contribution in [3.8, 4) is 34.8 Å². The van der Waals surface area contributed by atoms with Crippen molar-refractivity contribution >= 4 is 75.1 Å². The molecule has 0 aliphatic rings. The Kier molecular flexibility index (Phi) is 24.1. The van der Waals surface area contributed by atoms with Crippen LogP contribution >= 0.6 is 46.4 Å². The fourth-order valence-electron chi connectivity index (χ4n) is 4.20. The standard InChI is InChI=1S/C13H16ClNO6.C10H12ClNO3.C8H5ClF3NO3.C8H5ClN2O3/c1-13(2,3)21-12(16)7-20-11-6-10(19-4)8(14)5-9(11)15(17)18;1-2-3-6-15-10-5-4-8(12(13)14)7-9(10)11;9-6-3-5(13(14)15)1-2-7(6)16-4-8(10,11)12;9-7-5-6(11(12)13)1-2-8(7)14-4-3-10/h5-6H,7H2,1-4H3;4-5,7H,2-3,6H2,1H3;1-3H,4H2;1-2,5H,4H2. The van der Waals surface area contributed by atoms with Crippen LogP contribution in [-0.4, -0.2) is 71.0 Å². The average molecular weight is 1020 g/mol. The number of hydrogen-bond acceptors (Lipinski definition) is 16. The molecule has 0 amide bonds. The summed E-state index contributed by atoms with van der Waals surface area (Å²) in [7, 11) is 1.37. The van der Waals surface area contributed by atoms with E-state index < -0.39 is 50.7 Å². The Morgan fingerprint density at radius 1 is 0.652 bits per heavy atom. The molecule has 0 saturated heterocycles. The molecule has 4 aromatic carbocycles. The third-order valence-corrected chi connectivity index (χ3v) is 8.19. The van der Waals surface area contributed by atoms with E-state index in [-0.39, 0.29) is 72.4 Å². The quantitative estimate of drug-likeness (QED) is 0.0437. The van der Waals surface area contributed by atoms with E-state index in [0.29, 0.717) is 12.4 Å². The largest absolute Gasteiger partial charge is 0.495 e. The van der Waals surface area contributed by atoms with E-state index in [9.17, 15) is 58.4 Å². The number of esters is 1. The normalized spacial score (nSPS) is 10.4. The van der Waals surface area contributed by atoms with E-state index in [1.807, 2.05) is 0 Å². The van der Waals surface area contributed by atoms with E-state index >= 15 is 0 Å². The van der Waals surface area contributed by atoms with Crippen LogP contribution in [0.25, 0.3) is 0 Å². The second-order valence-electron chi connectivity index (χ2n) is 13.3. The van der Waals surface area contributed by atoms with Gasteiger partial charge in [-0.25, -0.2) is 4.79 Å². The highest BCUT2D eigenvalue weighted by molar-refractivity contribution is 6.33. The molecule has 0 spiro atoms. The molecule has 0 N–H and O–H groups in total. The predicted octanol–water partition coefficient (Wildman–Crippen LogP) is 11.7. The van der Waals surface area contributed by atoms with Crippen molar-refractivity contribution in [3.63, 3.8) is 0 Å². The maximum absolute atomic E-state index is 11.8. The van der Waals surface area contributed by atoms with Crippen molar-refractivity contribution in [2.45, 2.75) is 52.3 Å². The number of methoxy groups -OCH3 is 1. The smallest absolute Gasteiger partial charge is 0.422 e. The zero-order valence-electron chi connectivity index (χ0n) is 35.1. The lowest BCUT2D eigenvalue weighted by Crippen LogP contribution is -2.27. The summed E-state index contributed by atoms with van der Waals surface area (Å²) in [6.45, 7) is 5.66. The Labute approximate surface area is 393 Å². The molecule has 0 heterocycles. The van der Waals surface area contributed by atoms with Gasteiger partial charge in [-0.05, 0) is 45.4 Å². The lowest BCUT2D eigenvalue weighted by Gasteiger charge is -2.19. The summed E-state index contributed by atoms with van der Waals surface area (Å²) in [6.07, 6.45) is -2.51. The van der Waals surface area contributed by atoms with Gasteiger partial charge in [-0.15, -0.1) is 0 Å². The number of non-ortho nitro benzene ring substituents is 3. The molecule has 20 nitrogen and oxygen atoms in total. The maximum Gasteiger partial charge on any atom is 0.422 e. The molecular weight excluding hydrogens is 977 g/mol. The molecule has 0 saturated carbocycles. The number of nitriles is 1. The number of hydrogen-bond donors (Lipinski definition) is 0. The van der Waals surface area contributed by atoms with Gasteiger partial charge in [0.15, 0.2) is 19.8 Å². The molecule has 4 aromatic rings. The molecule has 358 valence electrons. The summed E-state index contributed by atoms with van der Waals surface area (Å²) in [5.41, 5.74) is -1.47. The zero-order valence-corrected chi connectivity index (χ0v) is 38.1. The van der Waals surface area contributed by atoms with E-state index in [1.165, 1.54) is 49.6 Å². The van der Waals surface area contributed by atoms with Crippen LogP contribution in [0.2, 0.25) is 20.1 Å². The van der Waals surface area contributed by atoms with Gasteiger partial charge >= 0.3 is 17.8 Å². The number of ether oxygens (including phenoxy) is 6. The summed E-state index contributed by atoms with van der Waals surface area (Å²) < 4.78 is 65.2. The lowest BCUT2D eigenvalue weighted by atomic mass is 10.2. The summed E-state index contributed by atoms with van der Waals surface area (Å²) >= 11 is 22.8. The molecule has 0 aliphatic heterocycles. The first-order valence-electron chi connectivity index (χ1n) is 18.2. The van der Waals surface area contributed by atoms with Crippen LogP contribution in [0.15, 0.2) is 66.7 Å². The number of carbonyl (C=O) groups is 1. The van der Waals surface area contributed by atoms with Crippen molar-refractivity contribution in [2.75, 3.05) is 33.5 Å². The summed E-state index contributed by atoms with van der Waals surface area (Å²) in [6, 6.07) is 15.1. The molecule has 0 aliphatic carbocycles. The predicted molar refractivity (Wildman–Crippen MR) is 233 cm³/mol. The molecule has 0 unspecified atom stereocenters. The first-order valence-corrected chi connectivity index (χ1v) is 19.7. The second-order valence-corrected chi connectivity index (χ2v) is 14.9. The highest BCUT2D eigenvalue weighted by atomic mass is 35.5. The molecule has 0 radical (unpaired) electrons. The molecule has 0 bridgehead atoms. The monoisotopic (exact) mass is 1010 g/mol. The molecule has 66 heavy (non-hydrogen) atoms. The number of nitro groups is 4. The fraction of sp³-hybridized carbons (Fsp3) is 0.333. The topological polar surface area (TPSA) is 269 Å². The van der Waals surface area contributed by atoms with Crippen LogP contribution in [0.5, 0.6) is 28.7 Å². The van der Waals surface area contributed by atoms with Gasteiger partial charge in [0.25, 0.3) is 17.1 Å². The molecule has 0 fully saturated rings. The highest BCUT2D eigenvalue weighted by Crippen LogP contribution is 2.37. The number of rotatable bonds is 16. The minimum atomic E-state index is -4.48. The van der Waals surface area contributed by atoms with Crippen LogP contribution in [0.4, 0.5) is 35.9 Å². The van der Waals surface area contributed by atoms with Crippen molar-refractivity contribution in [1.82, 2.24) is 0 Å². The Balaban J connectivity index is 0.000000446. The highest BCUT2D eigenvalue weighted by Gasteiger charge is 2.29. The SMILES string of the molecule is CCCCOc1ccc([N+](=O)[O-])cc1Cl.COc1cc(OCC(=O)OC(C)(C)C)c([N+](=O)[O-])cc1Cl.N#CCOc1ccc([N+](=O)[O-])cc1Cl.O=[N+]([O-])c1ccc(OCC(F)(F)F)c(Cl)c1. The lowest BCUT2D eigenvalue weighted by molar-refractivity contribution is -0.385. The van der Waals surface area contributed by atoms with Crippen molar-refractivity contribution in [2.24, 2.45) is 0 Å². The first kappa shape index (κ1) is 57.4. The Morgan fingerprint density at radius 3 is 1.45 bits per heavy atom. The molecule has 0 aromatic heterocycles. The number of benzene rings is 4. The van der Waals surface area contributed by atoms with Gasteiger partial charge in [0.1, 0.15) is 34.7 Å². The van der Waals surface area contributed by atoms with Crippen LogP contribution < -0.4 is 23.7 Å². The number of nitrogens with zero attached hydrogens (tertiary/aromatic N) is 5. The van der Waals surface area contributed by atoms with Gasteiger partial charge in [-0.2, -0.15) is 18.4 Å². The Bertz CT molecular complexity index is 2370.